The Kier molecular flexibility index (Phi) is 4.30. The first-order valence-electron chi connectivity index (χ1n) is 5.58. The average molecular weight is 256 g/mol. The Labute approximate surface area is 106 Å². The van der Waals surface area contributed by atoms with Crippen molar-refractivity contribution in [1.29, 1.82) is 0 Å². The van der Waals surface area contributed by atoms with Crippen molar-refractivity contribution in [3.05, 3.63) is 12.1 Å². The highest BCUT2D eigenvalue weighted by molar-refractivity contribution is 6.60. The molecule has 1 heterocycles. The maximum atomic E-state index is 9.89. The van der Waals surface area contributed by atoms with Crippen LogP contribution in [-0.2, 0) is 4.65 Å². The molecule has 6 nitrogen and oxygen atoms in total. The summed E-state index contributed by atoms with van der Waals surface area (Å²) in [6, 6.07) is 2.70. The molecule has 0 atom stereocenters. The smallest absolute Gasteiger partial charge is 0.473 e. The van der Waals surface area contributed by atoms with Crippen LogP contribution >= 0.6 is 0 Å². The van der Waals surface area contributed by atoms with Crippen LogP contribution in [0, 0.1) is 0 Å². The summed E-state index contributed by atoms with van der Waals surface area (Å²) < 4.78 is 10.3. The lowest BCUT2D eigenvalue weighted by molar-refractivity contribution is -0.0986. The molecule has 0 spiro atoms. The van der Waals surface area contributed by atoms with Crippen molar-refractivity contribution in [2.45, 2.75) is 38.9 Å². The third-order valence-electron chi connectivity index (χ3n) is 3.03. The first-order valence-corrected chi connectivity index (χ1v) is 5.58. The van der Waals surface area contributed by atoms with E-state index >= 15 is 0 Å². The first-order chi connectivity index (χ1) is 8.04. The molecule has 0 aliphatic carbocycles. The fourth-order valence-electron chi connectivity index (χ4n) is 1.12. The summed E-state index contributed by atoms with van der Waals surface area (Å²) in [5.74, 6) is 0. The van der Waals surface area contributed by atoms with E-state index in [-0.39, 0.29) is 11.3 Å². The van der Waals surface area contributed by atoms with Crippen molar-refractivity contribution in [3.63, 3.8) is 0 Å². The van der Waals surface area contributed by atoms with Gasteiger partial charge in [0.2, 0.25) is 0 Å². The Bertz CT molecular complexity index is 395. The molecule has 1 rings (SSSR count). The van der Waals surface area contributed by atoms with Crippen LogP contribution in [0.5, 0.6) is 0 Å². The highest BCUT2D eigenvalue weighted by atomic mass is 16.6. The molecule has 0 unspecified atom stereocenters. The van der Waals surface area contributed by atoms with Crippen LogP contribution in [0.1, 0.15) is 27.7 Å². The number of furan rings is 1. The number of hydrogen-bond donors (Lipinski definition) is 4. The molecule has 0 bridgehead atoms. The summed E-state index contributed by atoms with van der Waals surface area (Å²) in [5, 5.41) is 37.5. The second-order valence-electron chi connectivity index (χ2n) is 5.15. The van der Waals surface area contributed by atoms with Crippen molar-refractivity contribution in [2.24, 2.45) is 0 Å². The summed E-state index contributed by atoms with van der Waals surface area (Å²) in [4.78, 5) is 0. The van der Waals surface area contributed by atoms with Crippen LogP contribution in [0.15, 0.2) is 16.5 Å². The Balaban J connectivity index is 2.79. The second kappa shape index (κ2) is 5.06. The van der Waals surface area contributed by atoms with Gasteiger partial charge in [0.05, 0.1) is 11.2 Å². The molecule has 0 amide bonds. The fraction of sp³-hybridized carbons (Fsp3) is 0.600. The minimum atomic E-state index is -1.74. The zero-order chi connectivity index (χ0) is 14.1. The molecule has 0 saturated heterocycles. The van der Waals surface area contributed by atoms with Gasteiger partial charge in [0, 0.05) is 0 Å². The highest BCUT2D eigenvalue weighted by Crippen LogP contribution is 2.25. The summed E-state index contributed by atoms with van der Waals surface area (Å²) in [6.45, 7) is 6.37. The molecular weight excluding hydrogens is 238 g/mol. The Hall–Kier alpha value is -0.790. The van der Waals surface area contributed by atoms with Crippen molar-refractivity contribution >= 4 is 25.6 Å². The van der Waals surface area contributed by atoms with E-state index in [1.807, 2.05) is 0 Å². The van der Waals surface area contributed by atoms with Crippen molar-refractivity contribution in [2.75, 3.05) is 0 Å². The van der Waals surface area contributed by atoms with Crippen LogP contribution in [-0.4, -0.2) is 45.6 Å². The van der Waals surface area contributed by atoms with Gasteiger partial charge in [-0.2, -0.15) is 0 Å². The van der Waals surface area contributed by atoms with Crippen molar-refractivity contribution < 1.29 is 29.3 Å². The van der Waals surface area contributed by atoms with Gasteiger partial charge < -0.3 is 29.3 Å². The molecule has 18 heavy (non-hydrogen) atoms. The summed E-state index contributed by atoms with van der Waals surface area (Å²) in [6.07, 6.45) is 0. The standard InChI is InChI=1S/C10H18B2O6/c1-9(2,13)10(3,4)18-12(16)8-6-5-7(17-8)11(14)15/h5-6,13-16H,1-4H3. The van der Waals surface area contributed by atoms with E-state index in [1.165, 1.54) is 12.1 Å². The highest BCUT2D eigenvalue weighted by Gasteiger charge is 2.40. The average Bonchev–Trinajstić information content (AvgIpc) is 2.63. The topological polar surface area (TPSA) is 103 Å². The van der Waals surface area contributed by atoms with Crippen LogP contribution in [0.3, 0.4) is 0 Å². The van der Waals surface area contributed by atoms with Crippen molar-refractivity contribution in [1.82, 2.24) is 0 Å². The lowest BCUT2D eigenvalue weighted by atomic mass is 9.81. The molecule has 0 aromatic carbocycles. The summed E-state index contributed by atoms with van der Waals surface area (Å²) in [5.41, 5.74) is -2.24. The van der Waals surface area contributed by atoms with Crippen LogP contribution in [0.2, 0.25) is 0 Å². The molecule has 1 aromatic heterocycles. The maximum absolute atomic E-state index is 9.89. The molecule has 4 N–H and O–H groups in total. The first kappa shape index (κ1) is 15.3. The maximum Gasteiger partial charge on any atom is 0.529 e. The van der Waals surface area contributed by atoms with E-state index in [9.17, 15) is 10.1 Å². The molecule has 100 valence electrons. The van der Waals surface area contributed by atoms with Gasteiger partial charge in [-0.3, -0.25) is 0 Å². The SMILES string of the molecule is CC(C)(O)C(C)(C)OB(O)c1ccc(B(O)O)o1. The third-order valence-corrected chi connectivity index (χ3v) is 3.03. The molecule has 0 radical (unpaired) electrons. The van der Waals surface area contributed by atoms with Gasteiger partial charge in [-0.15, -0.1) is 0 Å². The Morgan fingerprint density at radius 3 is 1.94 bits per heavy atom. The number of hydrogen-bond acceptors (Lipinski definition) is 6. The van der Waals surface area contributed by atoms with Gasteiger partial charge in [-0.25, -0.2) is 0 Å². The van der Waals surface area contributed by atoms with Crippen LogP contribution < -0.4 is 11.3 Å². The molecule has 1 aromatic rings. The largest absolute Gasteiger partial charge is 0.529 e. The van der Waals surface area contributed by atoms with E-state index in [2.05, 4.69) is 0 Å². The van der Waals surface area contributed by atoms with Gasteiger partial charge in [-0.1, -0.05) is 0 Å². The predicted octanol–water partition coefficient (Wildman–Crippen LogP) is -1.79. The Morgan fingerprint density at radius 2 is 1.56 bits per heavy atom. The second-order valence-corrected chi connectivity index (χ2v) is 5.15. The van der Waals surface area contributed by atoms with Crippen molar-refractivity contribution in [3.8, 4) is 0 Å². The minimum absolute atomic E-state index is 0.0374. The predicted molar refractivity (Wildman–Crippen MR) is 67.6 cm³/mol. The Morgan fingerprint density at radius 1 is 1.06 bits per heavy atom. The molecular formula is C10H18B2O6. The number of rotatable bonds is 5. The minimum Gasteiger partial charge on any atom is -0.473 e. The van der Waals surface area contributed by atoms with E-state index in [4.69, 9.17) is 19.1 Å². The van der Waals surface area contributed by atoms with Gasteiger partial charge in [0.1, 0.15) is 11.3 Å². The van der Waals surface area contributed by atoms with Crippen LogP contribution in [0.4, 0.5) is 0 Å². The molecule has 0 aliphatic rings. The fourth-order valence-corrected chi connectivity index (χ4v) is 1.12. The third kappa shape index (κ3) is 3.37. The normalized spacial score (nSPS) is 12.7. The quantitative estimate of drug-likeness (QED) is 0.464. The van der Waals surface area contributed by atoms with E-state index in [0.29, 0.717) is 0 Å². The van der Waals surface area contributed by atoms with E-state index in [1.54, 1.807) is 27.7 Å². The lowest BCUT2D eigenvalue weighted by Crippen LogP contribution is -2.53. The molecule has 0 aliphatic heterocycles. The monoisotopic (exact) mass is 256 g/mol. The van der Waals surface area contributed by atoms with Gasteiger partial charge in [0.25, 0.3) is 0 Å². The van der Waals surface area contributed by atoms with E-state index in [0.717, 1.165) is 0 Å². The molecule has 0 saturated carbocycles. The molecule has 8 heteroatoms. The number of aliphatic hydroxyl groups is 1. The zero-order valence-corrected chi connectivity index (χ0v) is 10.9. The summed E-state index contributed by atoms with van der Waals surface area (Å²) >= 11 is 0. The van der Waals surface area contributed by atoms with Crippen LogP contribution in [0.25, 0.3) is 0 Å². The van der Waals surface area contributed by atoms with E-state index < -0.39 is 25.4 Å². The summed E-state index contributed by atoms with van der Waals surface area (Å²) in [7, 11) is -3.15. The van der Waals surface area contributed by atoms with Gasteiger partial charge in [-0.05, 0) is 39.8 Å². The molecule has 0 fully saturated rings. The lowest BCUT2D eigenvalue weighted by Gasteiger charge is -2.38. The van der Waals surface area contributed by atoms with Gasteiger partial charge >= 0.3 is 14.2 Å². The van der Waals surface area contributed by atoms with Gasteiger partial charge in [0.15, 0.2) is 0 Å². The zero-order valence-electron chi connectivity index (χ0n) is 10.9.